The molecule has 10 heteroatoms. The van der Waals surface area contributed by atoms with Gasteiger partial charge in [-0.3, -0.25) is 18.7 Å². The van der Waals surface area contributed by atoms with Crippen molar-refractivity contribution in [2.45, 2.75) is 19.1 Å². The molecular weight excluding hydrogens is 445 g/mol. The van der Waals surface area contributed by atoms with Crippen molar-refractivity contribution in [2.24, 2.45) is 5.73 Å². The minimum Gasteiger partial charge on any atom is -0.480 e. The second-order valence-corrected chi connectivity index (χ2v) is 6.37. The third-order valence-electron chi connectivity index (χ3n) is 3.48. The maximum atomic E-state index is 12.5. The van der Waals surface area contributed by atoms with Gasteiger partial charge in [0.2, 0.25) is 0 Å². The second-order valence-electron chi connectivity index (χ2n) is 5.21. The Morgan fingerprint density at radius 3 is 2.44 bits per heavy atom. The van der Waals surface area contributed by atoms with Crippen molar-refractivity contribution in [3.63, 3.8) is 0 Å². The summed E-state index contributed by atoms with van der Waals surface area (Å²) in [5.41, 5.74) is 4.35. The molecule has 1 atom stereocenters. The summed E-state index contributed by atoms with van der Waals surface area (Å²) in [5.74, 6) is -2.46. The van der Waals surface area contributed by atoms with Gasteiger partial charge in [0, 0.05) is 6.20 Å². The van der Waals surface area contributed by atoms with Gasteiger partial charge in [-0.15, -0.1) is 0 Å². The van der Waals surface area contributed by atoms with Crippen molar-refractivity contribution in [3.8, 4) is 0 Å². The third-order valence-corrected chi connectivity index (χ3v) is 4.22. The average Bonchev–Trinajstić information content (AvgIpc) is 2.56. The van der Waals surface area contributed by atoms with Crippen LogP contribution in [0.3, 0.4) is 0 Å². The van der Waals surface area contributed by atoms with Crippen molar-refractivity contribution in [2.75, 3.05) is 0 Å². The second kappa shape index (κ2) is 7.61. The van der Waals surface area contributed by atoms with Crippen molar-refractivity contribution in [1.82, 2.24) is 9.13 Å². The lowest BCUT2D eigenvalue weighted by Crippen LogP contribution is -2.45. The van der Waals surface area contributed by atoms with Gasteiger partial charge in [0.05, 0.1) is 22.2 Å². The number of aromatic nitrogens is 2. The number of halogens is 1. The van der Waals surface area contributed by atoms with Gasteiger partial charge >= 0.3 is 17.6 Å². The van der Waals surface area contributed by atoms with E-state index in [0.29, 0.717) is 0 Å². The number of hydrogen-bond acceptors (Lipinski definition) is 5. The number of rotatable bonds is 6. The zero-order chi connectivity index (χ0) is 18.7. The molecule has 1 aromatic heterocycles. The first kappa shape index (κ1) is 18.9. The largest absolute Gasteiger partial charge is 0.480 e. The maximum Gasteiger partial charge on any atom is 0.336 e. The van der Waals surface area contributed by atoms with E-state index in [1.165, 1.54) is 24.4 Å². The SMILES string of the molecule is NC(Cn1cc(I)c(=O)n(Cc2ccccc2C(=O)O)c1=O)C(=O)O. The summed E-state index contributed by atoms with van der Waals surface area (Å²) in [6.45, 7) is -0.565. The molecule has 1 unspecified atom stereocenters. The van der Waals surface area contributed by atoms with Gasteiger partial charge in [-0.1, -0.05) is 18.2 Å². The number of carboxylic acids is 2. The van der Waals surface area contributed by atoms with Gasteiger partial charge in [0.25, 0.3) is 5.56 Å². The smallest absolute Gasteiger partial charge is 0.336 e. The predicted molar refractivity (Wildman–Crippen MR) is 95.8 cm³/mol. The molecule has 1 aromatic carbocycles. The van der Waals surface area contributed by atoms with E-state index in [0.717, 1.165) is 9.13 Å². The van der Waals surface area contributed by atoms with Gasteiger partial charge in [0.1, 0.15) is 6.04 Å². The lowest BCUT2D eigenvalue weighted by molar-refractivity contribution is -0.138. The van der Waals surface area contributed by atoms with Crippen LogP contribution in [0.4, 0.5) is 0 Å². The fourth-order valence-corrected chi connectivity index (χ4v) is 2.84. The van der Waals surface area contributed by atoms with Crippen LogP contribution in [0.5, 0.6) is 0 Å². The van der Waals surface area contributed by atoms with E-state index in [4.69, 9.17) is 10.8 Å². The van der Waals surface area contributed by atoms with Crippen molar-refractivity contribution >= 4 is 34.5 Å². The maximum absolute atomic E-state index is 12.5. The molecule has 1 heterocycles. The van der Waals surface area contributed by atoms with E-state index >= 15 is 0 Å². The molecule has 0 aliphatic carbocycles. The van der Waals surface area contributed by atoms with Gasteiger partial charge in [-0.2, -0.15) is 0 Å². The Morgan fingerprint density at radius 1 is 1.20 bits per heavy atom. The topological polar surface area (TPSA) is 145 Å². The minimum atomic E-state index is -1.31. The van der Waals surface area contributed by atoms with Crippen LogP contribution in [0.2, 0.25) is 0 Å². The Kier molecular flexibility index (Phi) is 5.74. The van der Waals surface area contributed by atoms with Gasteiger partial charge in [0.15, 0.2) is 0 Å². The van der Waals surface area contributed by atoms with Crippen molar-refractivity contribution < 1.29 is 19.8 Å². The first-order valence-corrected chi connectivity index (χ1v) is 8.09. The Hall–Kier alpha value is -2.47. The summed E-state index contributed by atoms with van der Waals surface area (Å²) in [5, 5.41) is 18.1. The molecule has 4 N–H and O–H groups in total. The molecule has 0 aliphatic heterocycles. The quantitative estimate of drug-likeness (QED) is 0.507. The van der Waals surface area contributed by atoms with Crippen LogP contribution < -0.4 is 17.0 Å². The highest BCUT2D eigenvalue weighted by Crippen LogP contribution is 2.09. The fourth-order valence-electron chi connectivity index (χ4n) is 2.22. The molecular formula is C15H14IN3O6. The van der Waals surface area contributed by atoms with Crippen molar-refractivity contribution in [1.29, 1.82) is 0 Å². The van der Waals surface area contributed by atoms with E-state index in [2.05, 4.69) is 0 Å². The summed E-state index contributed by atoms with van der Waals surface area (Å²) >= 11 is 1.72. The van der Waals surface area contributed by atoms with Crippen molar-refractivity contribution in [3.05, 3.63) is 66.0 Å². The highest BCUT2D eigenvalue weighted by Gasteiger charge is 2.18. The molecule has 0 saturated heterocycles. The standard InChI is InChI=1S/C15H14IN3O6/c16-10-6-18(7-11(17)14(23)24)15(25)19(12(10)20)5-8-3-1-2-4-9(8)13(21)22/h1-4,6,11H,5,7,17H2,(H,21,22)(H,23,24). The van der Waals surface area contributed by atoms with Crippen LogP contribution >= 0.6 is 22.6 Å². The molecule has 2 rings (SSSR count). The normalized spacial score (nSPS) is 11.9. The molecule has 0 saturated carbocycles. The molecule has 0 amide bonds. The van der Waals surface area contributed by atoms with E-state index in [1.807, 2.05) is 0 Å². The summed E-state index contributed by atoms with van der Waals surface area (Å²) in [7, 11) is 0. The number of benzene rings is 1. The fraction of sp³-hybridized carbons (Fsp3) is 0.200. The Labute approximate surface area is 154 Å². The lowest BCUT2D eigenvalue weighted by atomic mass is 10.1. The van der Waals surface area contributed by atoms with Gasteiger partial charge in [-0.05, 0) is 34.2 Å². The molecule has 25 heavy (non-hydrogen) atoms. The summed E-state index contributed by atoms with van der Waals surface area (Å²) < 4.78 is 2.08. The number of hydrogen-bond donors (Lipinski definition) is 3. The molecule has 9 nitrogen and oxygen atoms in total. The van der Waals surface area contributed by atoms with Gasteiger partial charge in [-0.25, -0.2) is 9.59 Å². The monoisotopic (exact) mass is 459 g/mol. The number of carbonyl (C=O) groups is 2. The van der Waals surface area contributed by atoms with Crippen LogP contribution in [0.1, 0.15) is 15.9 Å². The number of aliphatic carboxylic acids is 1. The third kappa shape index (κ3) is 4.14. The molecule has 0 spiro atoms. The van der Waals surface area contributed by atoms with E-state index in [1.54, 1.807) is 28.7 Å². The number of aromatic carboxylic acids is 1. The van der Waals surface area contributed by atoms with Crippen LogP contribution in [0, 0.1) is 3.57 Å². The molecule has 0 aliphatic rings. The van der Waals surface area contributed by atoms with Crippen LogP contribution in [0.25, 0.3) is 0 Å². The summed E-state index contributed by atoms with van der Waals surface area (Å²) in [6.07, 6.45) is 1.23. The molecule has 132 valence electrons. The summed E-state index contributed by atoms with van der Waals surface area (Å²) in [6, 6.07) is 4.69. The molecule has 0 fully saturated rings. The number of carboxylic acid groups (broad SMARTS) is 2. The lowest BCUT2D eigenvalue weighted by Gasteiger charge is -2.14. The number of nitrogens with two attached hydrogens (primary N) is 1. The Morgan fingerprint density at radius 2 is 1.84 bits per heavy atom. The first-order chi connectivity index (χ1) is 11.7. The van der Waals surface area contributed by atoms with Crippen LogP contribution in [0.15, 0.2) is 40.1 Å². The zero-order valence-corrected chi connectivity index (χ0v) is 14.9. The van der Waals surface area contributed by atoms with E-state index < -0.39 is 29.2 Å². The molecule has 2 aromatic rings. The highest BCUT2D eigenvalue weighted by molar-refractivity contribution is 14.1. The summed E-state index contributed by atoms with van der Waals surface area (Å²) in [4.78, 5) is 47.0. The van der Waals surface area contributed by atoms with Crippen LogP contribution in [-0.4, -0.2) is 37.3 Å². The predicted octanol–water partition coefficient (Wildman–Crippen LogP) is -0.227. The average molecular weight is 459 g/mol. The first-order valence-electron chi connectivity index (χ1n) is 7.01. The number of nitrogens with zero attached hydrogens (tertiary/aromatic N) is 2. The molecule has 0 bridgehead atoms. The Bertz CT molecular complexity index is 949. The molecule has 0 radical (unpaired) electrons. The van der Waals surface area contributed by atoms with E-state index in [9.17, 15) is 24.3 Å². The van der Waals surface area contributed by atoms with E-state index in [-0.39, 0.29) is 27.8 Å². The zero-order valence-electron chi connectivity index (χ0n) is 12.8. The highest BCUT2D eigenvalue weighted by atomic mass is 127. The Balaban J connectivity index is 2.54. The van der Waals surface area contributed by atoms with Crippen LogP contribution in [-0.2, 0) is 17.9 Å². The minimum absolute atomic E-state index is 0.0264. The van der Waals surface area contributed by atoms with Gasteiger partial charge < -0.3 is 15.9 Å².